The van der Waals surface area contributed by atoms with Crippen molar-refractivity contribution in [1.82, 2.24) is 9.89 Å². The van der Waals surface area contributed by atoms with Gasteiger partial charge in [-0.05, 0) is 61.6 Å². The normalized spacial score (nSPS) is 14.7. The molecule has 6 rings (SSSR count). The first-order valence-electron chi connectivity index (χ1n) is 17.7. The van der Waals surface area contributed by atoms with E-state index in [0.717, 1.165) is 99.5 Å². The minimum Gasteiger partial charge on any atom is -0.545 e. The molecule has 0 bridgehead atoms. The Balaban J connectivity index is 1.24. The molecule has 0 aromatic heterocycles. The lowest BCUT2D eigenvalue weighted by molar-refractivity contribution is -0.254. The van der Waals surface area contributed by atoms with Gasteiger partial charge < -0.3 is 34.0 Å². The van der Waals surface area contributed by atoms with E-state index in [1.54, 1.807) is 6.07 Å². The molecule has 1 aliphatic carbocycles. The van der Waals surface area contributed by atoms with Gasteiger partial charge in [-0.3, -0.25) is 4.79 Å². The number of amides is 1. The molecule has 9 nitrogen and oxygen atoms in total. The Morgan fingerprint density at radius 1 is 0.837 bits per heavy atom. The number of carboxylic acid groups (broad SMARTS) is 1. The van der Waals surface area contributed by atoms with Gasteiger partial charge in [0.1, 0.15) is 24.4 Å². The maximum atomic E-state index is 13.3. The third kappa shape index (κ3) is 8.63. The number of alkyl halides is 1. The summed E-state index contributed by atoms with van der Waals surface area (Å²) < 4.78 is 20.2. The van der Waals surface area contributed by atoms with Gasteiger partial charge in [-0.1, -0.05) is 18.9 Å². The Hall–Kier alpha value is -3.92. The van der Waals surface area contributed by atoms with Crippen LogP contribution in [0.25, 0.3) is 33.4 Å². The third-order valence-electron chi connectivity index (χ3n) is 9.48. The standard InChI is InChI=1S/C39H46ClN3O6/c40-15-3-1-2-8-21-47-23-24-48-22-16-41-38(44)28-9-12-31(39(45)46)34(25-28)37-32-13-10-29(42-17-4-5-18-42)26-35(32)49-36-27-30(11-14-33(36)37)43-19-6-7-20-43/h9-14,25-27H,1-8,15-24H2,(H-,41,44,45,46). The number of fused-ring (bicyclic) bond motifs is 2. The predicted octanol–water partition coefficient (Wildman–Crippen LogP) is 5.30. The number of ether oxygens (including phenoxy) is 2. The summed E-state index contributed by atoms with van der Waals surface area (Å²) in [6, 6.07) is 16.9. The first-order valence-corrected chi connectivity index (χ1v) is 18.3. The average Bonchev–Trinajstić information content (AvgIpc) is 3.86. The van der Waals surface area contributed by atoms with E-state index >= 15 is 0 Å². The molecule has 0 unspecified atom stereocenters. The quantitative estimate of drug-likeness (QED) is 0.0738. The average molecular weight is 688 g/mol. The molecule has 10 heteroatoms. The molecule has 260 valence electrons. The first kappa shape index (κ1) is 34.9. The number of hydrogen-bond acceptors (Lipinski definition) is 7. The highest BCUT2D eigenvalue weighted by molar-refractivity contribution is 6.17. The number of aromatic carboxylic acids is 1. The number of nitrogens with zero attached hydrogens (tertiary/aromatic N) is 2. The number of halogens is 1. The maximum Gasteiger partial charge on any atom is 0.251 e. The van der Waals surface area contributed by atoms with Crippen molar-refractivity contribution < 1.29 is 28.6 Å². The molecule has 1 amide bonds. The van der Waals surface area contributed by atoms with E-state index in [-0.39, 0.29) is 11.5 Å². The van der Waals surface area contributed by atoms with Crippen LogP contribution in [0.4, 0.5) is 5.69 Å². The number of anilines is 1. The Morgan fingerprint density at radius 2 is 1.61 bits per heavy atom. The number of unbranched alkanes of at least 4 members (excludes halogenated alkanes) is 3. The third-order valence-corrected chi connectivity index (χ3v) is 9.75. The lowest BCUT2D eigenvalue weighted by atomic mass is 9.89. The smallest absolute Gasteiger partial charge is 0.251 e. The fraction of sp³-hybridized carbons (Fsp3) is 0.462. The molecule has 2 aromatic rings. The summed E-state index contributed by atoms with van der Waals surface area (Å²) in [6.45, 7) is 6.26. The van der Waals surface area contributed by atoms with Gasteiger partial charge in [0.25, 0.3) is 5.91 Å². The van der Waals surface area contributed by atoms with Crippen LogP contribution >= 0.6 is 11.6 Å². The molecule has 49 heavy (non-hydrogen) atoms. The summed E-state index contributed by atoms with van der Waals surface area (Å²) in [5, 5.41) is 17.3. The van der Waals surface area contributed by atoms with Crippen molar-refractivity contribution in [1.29, 1.82) is 0 Å². The Morgan fingerprint density at radius 3 is 2.39 bits per heavy atom. The van der Waals surface area contributed by atoms with Crippen LogP contribution in [-0.4, -0.2) is 76.9 Å². The summed E-state index contributed by atoms with van der Waals surface area (Å²) in [6.07, 6.45) is 8.87. The summed E-state index contributed by atoms with van der Waals surface area (Å²) in [7, 11) is 0. The molecule has 0 spiro atoms. The first-order chi connectivity index (χ1) is 24.0. The zero-order chi connectivity index (χ0) is 34.0. The van der Waals surface area contributed by atoms with Crippen LogP contribution in [0.3, 0.4) is 0 Å². The van der Waals surface area contributed by atoms with Crippen molar-refractivity contribution in [2.75, 3.05) is 69.9 Å². The maximum absolute atomic E-state index is 13.3. The van der Waals surface area contributed by atoms with Gasteiger partial charge >= 0.3 is 0 Å². The molecule has 2 saturated heterocycles. The van der Waals surface area contributed by atoms with Crippen LogP contribution in [0.1, 0.15) is 72.1 Å². The lowest BCUT2D eigenvalue weighted by Gasteiger charge is -2.21. The molecular weight excluding hydrogens is 642 g/mol. The monoisotopic (exact) mass is 687 g/mol. The number of carbonyl (C=O) groups is 2. The largest absolute Gasteiger partial charge is 0.545 e. The van der Waals surface area contributed by atoms with Crippen molar-refractivity contribution in [2.24, 2.45) is 0 Å². The van der Waals surface area contributed by atoms with Gasteiger partial charge in [-0.15, -0.1) is 11.6 Å². The van der Waals surface area contributed by atoms with E-state index in [4.69, 9.17) is 25.5 Å². The Kier molecular flexibility index (Phi) is 12.2. The zero-order valence-corrected chi connectivity index (χ0v) is 28.9. The predicted molar refractivity (Wildman–Crippen MR) is 191 cm³/mol. The highest BCUT2D eigenvalue weighted by Crippen LogP contribution is 2.42. The molecule has 0 radical (unpaired) electrons. The molecule has 2 aromatic carbocycles. The summed E-state index contributed by atoms with van der Waals surface area (Å²) in [4.78, 5) is 28.2. The molecule has 0 saturated carbocycles. The molecule has 4 aliphatic rings. The van der Waals surface area contributed by atoms with Gasteiger partial charge in [-0.25, -0.2) is 4.58 Å². The second kappa shape index (κ2) is 17.1. The molecule has 3 aliphatic heterocycles. The minimum absolute atomic E-state index is 0.0139. The van der Waals surface area contributed by atoms with Crippen molar-refractivity contribution >= 4 is 40.1 Å². The SMILES string of the molecule is O=C(NCCOCCOCCCCCCCl)c1ccc(C(=O)[O-])c(-c2c3ccc(=[N+]4CCCC4)cc-3oc3cc(N4CCCC4)ccc23)c1. The van der Waals surface area contributed by atoms with Crippen molar-refractivity contribution in [2.45, 2.75) is 51.4 Å². The van der Waals surface area contributed by atoms with Crippen molar-refractivity contribution in [3.05, 3.63) is 71.1 Å². The number of rotatable bonds is 16. The minimum atomic E-state index is -1.31. The summed E-state index contributed by atoms with van der Waals surface area (Å²) in [5.74, 6) is -0.256. The number of nitrogens with one attached hydrogen (secondary N) is 1. The van der Waals surface area contributed by atoms with E-state index in [1.807, 2.05) is 12.1 Å². The highest BCUT2D eigenvalue weighted by Gasteiger charge is 2.24. The van der Waals surface area contributed by atoms with Gasteiger partial charge in [-0.2, -0.15) is 0 Å². The lowest BCUT2D eigenvalue weighted by Crippen LogP contribution is -2.28. The molecule has 0 atom stereocenters. The second-order valence-corrected chi connectivity index (χ2v) is 13.2. The van der Waals surface area contributed by atoms with E-state index in [9.17, 15) is 14.7 Å². The van der Waals surface area contributed by atoms with E-state index in [2.05, 4.69) is 39.1 Å². The number of benzene rings is 3. The van der Waals surface area contributed by atoms with Gasteiger partial charge in [0.05, 0.1) is 31.9 Å². The van der Waals surface area contributed by atoms with Crippen LogP contribution in [0, 0.1) is 0 Å². The van der Waals surface area contributed by atoms with Crippen LogP contribution in [0.2, 0.25) is 0 Å². The van der Waals surface area contributed by atoms with Gasteiger partial charge in [0.2, 0.25) is 5.36 Å². The Labute approximate surface area is 292 Å². The molecule has 3 heterocycles. The fourth-order valence-electron chi connectivity index (χ4n) is 6.89. The van der Waals surface area contributed by atoms with Crippen molar-refractivity contribution in [3.8, 4) is 22.5 Å². The van der Waals surface area contributed by atoms with E-state index in [1.165, 1.54) is 12.1 Å². The molecule has 2 fully saturated rings. The fourth-order valence-corrected chi connectivity index (χ4v) is 7.07. The zero-order valence-electron chi connectivity index (χ0n) is 28.1. The summed E-state index contributed by atoms with van der Waals surface area (Å²) in [5.41, 5.74) is 4.00. The van der Waals surface area contributed by atoms with Gasteiger partial charge in [0, 0.05) is 90.4 Å². The molecule has 1 N–H and O–H groups in total. The topological polar surface area (TPSA) is 107 Å². The van der Waals surface area contributed by atoms with Crippen LogP contribution in [0.5, 0.6) is 0 Å². The molecular formula is C39H46ClN3O6. The van der Waals surface area contributed by atoms with Gasteiger partial charge in [0.15, 0.2) is 0 Å². The van der Waals surface area contributed by atoms with Crippen LogP contribution < -0.4 is 25.3 Å². The highest BCUT2D eigenvalue weighted by atomic mass is 35.5. The number of hydrogen-bond donors (Lipinski definition) is 1. The summed E-state index contributed by atoms with van der Waals surface area (Å²) >= 11 is 5.71. The van der Waals surface area contributed by atoms with Crippen LogP contribution in [-0.2, 0) is 9.47 Å². The van der Waals surface area contributed by atoms with E-state index in [0.29, 0.717) is 66.9 Å². The number of carboxylic acids is 1. The number of carbonyl (C=O) groups excluding carboxylic acids is 2. The van der Waals surface area contributed by atoms with Crippen LogP contribution in [0.15, 0.2) is 59.0 Å². The Bertz CT molecular complexity index is 1790. The van der Waals surface area contributed by atoms with Crippen molar-refractivity contribution in [3.63, 3.8) is 0 Å². The second-order valence-electron chi connectivity index (χ2n) is 12.9. The van der Waals surface area contributed by atoms with E-state index < -0.39 is 5.97 Å².